The van der Waals surface area contributed by atoms with Crippen LogP contribution in [0, 0.1) is 12.7 Å². The van der Waals surface area contributed by atoms with Gasteiger partial charge in [0.1, 0.15) is 5.82 Å². The average molecular weight is 264 g/mol. The van der Waals surface area contributed by atoms with Gasteiger partial charge in [-0.15, -0.1) is 0 Å². The van der Waals surface area contributed by atoms with Crippen molar-refractivity contribution in [2.45, 2.75) is 13.3 Å². The van der Waals surface area contributed by atoms with Crippen molar-refractivity contribution in [2.24, 2.45) is 0 Å². The van der Waals surface area contributed by atoms with Crippen molar-refractivity contribution in [1.29, 1.82) is 0 Å². The predicted molar refractivity (Wildman–Crippen MR) is 68.4 cm³/mol. The molecule has 18 heavy (non-hydrogen) atoms. The molecule has 0 saturated carbocycles. The molecule has 0 atom stereocenters. The minimum Gasteiger partial charge on any atom is -0.294 e. The third-order valence-corrected chi connectivity index (χ3v) is 2.86. The van der Waals surface area contributed by atoms with Crippen molar-refractivity contribution in [3.63, 3.8) is 0 Å². The van der Waals surface area contributed by atoms with Gasteiger partial charge in [-0.05, 0) is 36.8 Å². The maximum atomic E-state index is 13.0. The SMILES string of the molecule is Cc1cc(C(=O)Cc2ccc(F)c(Cl)c2)ccn1. The number of pyridine rings is 1. The van der Waals surface area contributed by atoms with E-state index in [-0.39, 0.29) is 17.2 Å². The smallest absolute Gasteiger partial charge is 0.167 e. The Labute approximate surface area is 109 Å². The molecule has 0 amide bonds. The standard InChI is InChI=1S/C14H11ClFNO/c1-9-6-11(4-5-17-9)14(18)8-10-2-3-13(16)12(15)7-10/h2-7H,8H2,1H3. The Morgan fingerprint density at radius 1 is 1.33 bits per heavy atom. The molecule has 1 aromatic carbocycles. The summed E-state index contributed by atoms with van der Waals surface area (Å²) in [7, 11) is 0. The van der Waals surface area contributed by atoms with Crippen LogP contribution in [-0.4, -0.2) is 10.8 Å². The Bertz CT molecular complexity index is 598. The first-order valence-electron chi connectivity index (χ1n) is 5.46. The highest BCUT2D eigenvalue weighted by Crippen LogP contribution is 2.17. The van der Waals surface area contributed by atoms with Gasteiger partial charge in [0.05, 0.1) is 5.02 Å². The van der Waals surface area contributed by atoms with Crippen LogP contribution in [0.15, 0.2) is 36.5 Å². The monoisotopic (exact) mass is 263 g/mol. The van der Waals surface area contributed by atoms with Gasteiger partial charge >= 0.3 is 0 Å². The summed E-state index contributed by atoms with van der Waals surface area (Å²) >= 11 is 5.67. The fourth-order valence-electron chi connectivity index (χ4n) is 1.66. The molecule has 4 heteroatoms. The van der Waals surface area contributed by atoms with Crippen molar-refractivity contribution in [3.8, 4) is 0 Å². The molecule has 2 aromatic rings. The van der Waals surface area contributed by atoms with Crippen molar-refractivity contribution in [1.82, 2.24) is 4.98 Å². The van der Waals surface area contributed by atoms with Crippen LogP contribution in [-0.2, 0) is 6.42 Å². The molecule has 0 aliphatic rings. The molecule has 0 unspecified atom stereocenters. The van der Waals surface area contributed by atoms with Crippen LogP contribution in [0.25, 0.3) is 0 Å². The molecule has 0 bridgehead atoms. The zero-order chi connectivity index (χ0) is 13.1. The number of Topliss-reactive ketones (excluding diaryl/α,β-unsaturated/α-hetero) is 1. The number of aromatic nitrogens is 1. The minimum atomic E-state index is -0.479. The second-order valence-electron chi connectivity index (χ2n) is 4.03. The van der Waals surface area contributed by atoms with E-state index in [4.69, 9.17) is 11.6 Å². The van der Waals surface area contributed by atoms with E-state index in [9.17, 15) is 9.18 Å². The number of hydrogen-bond acceptors (Lipinski definition) is 2. The second-order valence-corrected chi connectivity index (χ2v) is 4.44. The van der Waals surface area contributed by atoms with E-state index in [1.165, 1.54) is 12.1 Å². The number of benzene rings is 1. The molecule has 1 aromatic heterocycles. The van der Waals surface area contributed by atoms with Gasteiger partial charge in [-0.3, -0.25) is 9.78 Å². The minimum absolute atomic E-state index is 0.0335. The highest BCUT2D eigenvalue weighted by molar-refractivity contribution is 6.30. The Hall–Kier alpha value is -1.74. The Morgan fingerprint density at radius 3 is 2.78 bits per heavy atom. The average Bonchev–Trinajstić information content (AvgIpc) is 2.34. The van der Waals surface area contributed by atoms with Crippen molar-refractivity contribution < 1.29 is 9.18 Å². The molecule has 0 fully saturated rings. The lowest BCUT2D eigenvalue weighted by molar-refractivity contribution is 0.0992. The maximum absolute atomic E-state index is 13.0. The van der Waals surface area contributed by atoms with Crippen molar-refractivity contribution >= 4 is 17.4 Å². The highest BCUT2D eigenvalue weighted by Gasteiger charge is 2.09. The van der Waals surface area contributed by atoms with Crippen LogP contribution < -0.4 is 0 Å². The van der Waals surface area contributed by atoms with E-state index in [1.54, 1.807) is 24.4 Å². The largest absolute Gasteiger partial charge is 0.294 e. The summed E-state index contributed by atoms with van der Waals surface area (Å²) in [6.07, 6.45) is 1.80. The van der Waals surface area contributed by atoms with Gasteiger partial charge in [-0.25, -0.2) is 4.39 Å². The first-order chi connectivity index (χ1) is 8.56. The molecule has 0 aliphatic heterocycles. The number of carbonyl (C=O) groups excluding carboxylic acids is 1. The Morgan fingerprint density at radius 2 is 2.11 bits per heavy atom. The summed E-state index contributed by atoms with van der Waals surface area (Å²) in [6.45, 7) is 1.82. The third kappa shape index (κ3) is 2.93. The van der Waals surface area contributed by atoms with E-state index >= 15 is 0 Å². The van der Waals surface area contributed by atoms with Crippen LogP contribution >= 0.6 is 11.6 Å². The van der Waals surface area contributed by atoms with Crippen LogP contribution in [0.1, 0.15) is 21.6 Å². The van der Waals surface area contributed by atoms with Gasteiger partial charge in [0.25, 0.3) is 0 Å². The summed E-state index contributed by atoms with van der Waals surface area (Å²) in [4.78, 5) is 16.0. The third-order valence-electron chi connectivity index (χ3n) is 2.57. The van der Waals surface area contributed by atoms with E-state index in [1.807, 2.05) is 6.92 Å². The summed E-state index contributed by atoms with van der Waals surface area (Å²) < 4.78 is 13.0. The summed E-state index contributed by atoms with van der Waals surface area (Å²) in [5.74, 6) is -0.518. The summed E-state index contributed by atoms with van der Waals surface area (Å²) in [5, 5.41) is 0.0335. The number of aryl methyl sites for hydroxylation is 1. The quantitative estimate of drug-likeness (QED) is 0.792. The summed E-state index contributed by atoms with van der Waals surface area (Å²) in [5.41, 5.74) is 2.09. The lowest BCUT2D eigenvalue weighted by atomic mass is 10.0. The maximum Gasteiger partial charge on any atom is 0.167 e. The summed E-state index contributed by atoms with van der Waals surface area (Å²) in [6, 6.07) is 7.70. The molecule has 0 spiro atoms. The Balaban J connectivity index is 2.18. The number of hydrogen-bond donors (Lipinski definition) is 0. The van der Waals surface area contributed by atoms with Crippen molar-refractivity contribution in [3.05, 3.63) is 64.2 Å². The molecule has 2 rings (SSSR count). The second kappa shape index (κ2) is 5.27. The van der Waals surface area contributed by atoms with Crippen LogP contribution in [0.4, 0.5) is 4.39 Å². The number of nitrogens with zero attached hydrogens (tertiary/aromatic N) is 1. The molecule has 0 N–H and O–H groups in total. The molecule has 92 valence electrons. The lowest BCUT2D eigenvalue weighted by Gasteiger charge is -2.03. The zero-order valence-corrected chi connectivity index (χ0v) is 10.5. The molecule has 0 aliphatic carbocycles. The normalized spacial score (nSPS) is 10.4. The zero-order valence-electron chi connectivity index (χ0n) is 9.78. The first-order valence-corrected chi connectivity index (χ1v) is 5.84. The van der Waals surface area contributed by atoms with Gasteiger partial charge in [-0.2, -0.15) is 0 Å². The van der Waals surface area contributed by atoms with E-state index in [0.29, 0.717) is 11.1 Å². The van der Waals surface area contributed by atoms with E-state index in [2.05, 4.69) is 4.98 Å². The molecule has 0 saturated heterocycles. The van der Waals surface area contributed by atoms with Gasteiger partial charge in [-0.1, -0.05) is 17.7 Å². The van der Waals surface area contributed by atoms with Crippen molar-refractivity contribution in [2.75, 3.05) is 0 Å². The predicted octanol–water partition coefficient (Wildman–Crippen LogP) is 3.61. The molecular weight excluding hydrogens is 253 g/mol. The van der Waals surface area contributed by atoms with E-state index < -0.39 is 5.82 Å². The topological polar surface area (TPSA) is 30.0 Å². The van der Waals surface area contributed by atoms with Crippen LogP contribution in [0.3, 0.4) is 0 Å². The van der Waals surface area contributed by atoms with Gasteiger partial charge in [0, 0.05) is 23.9 Å². The Kier molecular flexibility index (Phi) is 3.72. The first kappa shape index (κ1) is 12.7. The van der Waals surface area contributed by atoms with Crippen LogP contribution in [0.5, 0.6) is 0 Å². The van der Waals surface area contributed by atoms with Gasteiger partial charge < -0.3 is 0 Å². The molecular formula is C14H11ClFNO. The number of carbonyl (C=O) groups is 1. The number of halogens is 2. The molecule has 1 heterocycles. The van der Waals surface area contributed by atoms with E-state index in [0.717, 1.165) is 5.69 Å². The highest BCUT2D eigenvalue weighted by atomic mass is 35.5. The number of rotatable bonds is 3. The number of ketones is 1. The molecule has 0 radical (unpaired) electrons. The van der Waals surface area contributed by atoms with Gasteiger partial charge in [0.15, 0.2) is 5.78 Å². The molecule has 2 nitrogen and oxygen atoms in total. The fraction of sp³-hybridized carbons (Fsp3) is 0.143. The van der Waals surface area contributed by atoms with Crippen LogP contribution in [0.2, 0.25) is 5.02 Å². The van der Waals surface area contributed by atoms with Gasteiger partial charge in [0.2, 0.25) is 0 Å². The lowest BCUT2D eigenvalue weighted by Crippen LogP contribution is -2.04. The fourth-order valence-corrected chi connectivity index (χ4v) is 1.86.